The summed E-state index contributed by atoms with van der Waals surface area (Å²) in [5, 5.41) is 9.35. The van der Waals surface area contributed by atoms with Crippen molar-refractivity contribution in [3.05, 3.63) is 76.4 Å². The molecule has 2 aliphatic carbocycles. The zero-order chi connectivity index (χ0) is 33.5. The number of hydrogen-bond donors (Lipinski definition) is 3. The Kier molecular flexibility index (Phi) is 11.0. The Balaban J connectivity index is 1.28. The van der Waals surface area contributed by atoms with Gasteiger partial charge >= 0.3 is 5.97 Å². The largest absolute Gasteiger partial charge is 0.463 e. The molecular formula is C36H44N4O7. The van der Waals surface area contributed by atoms with Crippen LogP contribution in [-0.2, 0) is 25.7 Å². The number of nitrogens with zero attached hydrogens (tertiary/aromatic N) is 1. The molecule has 2 fully saturated rings. The van der Waals surface area contributed by atoms with Gasteiger partial charge in [0.1, 0.15) is 23.9 Å². The molecule has 0 aliphatic heterocycles. The number of aryl methyl sites for hydroxylation is 1. The molecule has 5 atom stereocenters. The van der Waals surface area contributed by atoms with Gasteiger partial charge in [0.15, 0.2) is 5.76 Å². The quantitative estimate of drug-likeness (QED) is 0.188. The molecule has 5 rings (SSSR count). The fourth-order valence-electron chi connectivity index (χ4n) is 7.15. The lowest BCUT2D eigenvalue weighted by atomic mass is 9.65. The number of rotatable bonds is 12. The number of hydrogen-bond acceptors (Lipinski definition) is 7. The van der Waals surface area contributed by atoms with E-state index in [4.69, 9.17) is 9.15 Å². The average Bonchev–Trinajstić information content (AvgIpc) is 3.39. The first-order valence-corrected chi connectivity index (χ1v) is 16.6. The Morgan fingerprint density at radius 1 is 1.11 bits per heavy atom. The number of esters is 1. The van der Waals surface area contributed by atoms with E-state index in [2.05, 4.69) is 22.9 Å². The molecular weight excluding hydrogens is 600 g/mol. The zero-order valence-corrected chi connectivity index (χ0v) is 27.3. The zero-order valence-electron chi connectivity index (χ0n) is 27.3. The van der Waals surface area contributed by atoms with Gasteiger partial charge in [-0.05, 0) is 81.9 Å². The molecule has 250 valence electrons. The van der Waals surface area contributed by atoms with E-state index < -0.39 is 29.4 Å². The summed E-state index contributed by atoms with van der Waals surface area (Å²) < 4.78 is 12.0. The number of carbonyl (C=O) groups excluding carboxylic acids is 4. The Bertz CT molecular complexity index is 1700. The van der Waals surface area contributed by atoms with Crippen LogP contribution in [0.2, 0.25) is 0 Å². The molecule has 11 heteroatoms. The number of amides is 3. The van der Waals surface area contributed by atoms with Crippen LogP contribution < -0.4 is 21.5 Å². The van der Waals surface area contributed by atoms with Crippen LogP contribution >= 0.6 is 0 Å². The van der Waals surface area contributed by atoms with Gasteiger partial charge in [-0.1, -0.05) is 44.0 Å². The molecule has 0 spiro atoms. The minimum absolute atomic E-state index is 0.0207. The Morgan fingerprint density at radius 2 is 1.91 bits per heavy atom. The summed E-state index contributed by atoms with van der Waals surface area (Å²) in [6.07, 6.45) is 10.5. The Labute approximate surface area is 274 Å². The number of furan rings is 1. The van der Waals surface area contributed by atoms with Gasteiger partial charge in [0, 0.05) is 29.3 Å². The molecule has 3 amide bonds. The van der Waals surface area contributed by atoms with E-state index in [1.165, 1.54) is 35.7 Å². The molecule has 5 unspecified atom stereocenters. The predicted molar refractivity (Wildman–Crippen MR) is 178 cm³/mol. The van der Waals surface area contributed by atoms with E-state index in [1.807, 2.05) is 12.1 Å². The summed E-state index contributed by atoms with van der Waals surface area (Å²) in [5.41, 5.74) is 0.622. The van der Waals surface area contributed by atoms with Crippen LogP contribution in [0.25, 0.3) is 11.0 Å². The van der Waals surface area contributed by atoms with Crippen molar-refractivity contribution in [2.75, 3.05) is 11.9 Å². The average molecular weight is 645 g/mol. The molecule has 0 saturated heterocycles. The highest BCUT2D eigenvalue weighted by Crippen LogP contribution is 2.42. The molecule has 2 aliphatic rings. The first-order chi connectivity index (χ1) is 22.6. The van der Waals surface area contributed by atoms with Gasteiger partial charge in [0.2, 0.25) is 11.8 Å². The van der Waals surface area contributed by atoms with Crippen molar-refractivity contribution in [1.29, 1.82) is 0 Å². The predicted octanol–water partition coefficient (Wildman–Crippen LogP) is 4.87. The van der Waals surface area contributed by atoms with Crippen LogP contribution in [0.5, 0.6) is 0 Å². The van der Waals surface area contributed by atoms with Crippen LogP contribution in [0.15, 0.2) is 64.0 Å². The van der Waals surface area contributed by atoms with Crippen LogP contribution in [0.3, 0.4) is 0 Å². The van der Waals surface area contributed by atoms with E-state index in [-0.39, 0.29) is 49.4 Å². The molecule has 2 bridgehead atoms. The van der Waals surface area contributed by atoms with Crippen molar-refractivity contribution >= 4 is 40.3 Å². The summed E-state index contributed by atoms with van der Waals surface area (Å²) in [6.45, 7) is 5.72. The Hall–Kier alpha value is -4.67. The van der Waals surface area contributed by atoms with Crippen LogP contribution in [0.4, 0.5) is 5.69 Å². The minimum Gasteiger partial charge on any atom is -0.463 e. The molecule has 47 heavy (non-hydrogen) atoms. The fourth-order valence-corrected chi connectivity index (χ4v) is 7.15. The summed E-state index contributed by atoms with van der Waals surface area (Å²) in [6, 6.07) is 9.31. The molecule has 3 N–H and O–H groups in total. The minimum atomic E-state index is -1.08. The van der Waals surface area contributed by atoms with Crippen molar-refractivity contribution < 1.29 is 28.3 Å². The van der Waals surface area contributed by atoms with Gasteiger partial charge in [-0.15, -0.1) is 0 Å². The van der Waals surface area contributed by atoms with E-state index in [0.717, 1.165) is 30.6 Å². The molecule has 2 heterocycles. The topological polar surface area (TPSA) is 149 Å². The number of anilines is 1. The van der Waals surface area contributed by atoms with Crippen molar-refractivity contribution in [1.82, 2.24) is 15.2 Å². The summed E-state index contributed by atoms with van der Waals surface area (Å²) >= 11 is 0. The highest BCUT2D eigenvalue weighted by Gasteiger charge is 2.38. The van der Waals surface area contributed by atoms with Crippen molar-refractivity contribution in [2.24, 2.45) is 17.8 Å². The van der Waals surface area contributed by atoms with E-state index >= 15 is 0 Å². The second kappa shape index (κ2) is 15.3. The smallest absolute Gasteiger partial charge is 0.330 e. The molecule has 1 aromatic carbocycles. The monoisotopic (exact) mass is 644 g/mol. The lowest BCUT2D eigenvalue weighted by molar-refractivity contribution is -0.137. The molecule has 2 saturated carbocycles. The third-order valence-electron chi connectivity index (χ3n) is 9.40. The van der Waals surface area contributed by atoms with Crippen LogP contribution in [0.1, 0.15) is 74.9 Å². The van der Waals surface area contributed by atoms with Crippen LogP contribution in [0, 0.1) is 24.7 Å². The third-order valence-corrected chi connectivity index (χ3v) is 9.40. The fraction of sp³-hybridized carbons (Fsp3) is 0.472. The number of carbonyl (C=O) groups is 4. The lowest BCUT2D eigenvalue weighted by Crippen LogP contribution is -2.50. The normalized spacial score (nSPS) is 21.3. The van der Waals surface area contributed by atoms with Crippen molar-refractivity contribution in [3.63, 3.8) is 0 Å². The number of pyridine rings is 1. The van der Waals surface area contributed by atoms with Gasteiger partial charge < -0.3 is 29.7 Å². The van der Waals surface area contributed by atoms with E-state index in [1.54, 1.807) is 38.1 Å². The number of nitrogens with one attached hydrogen (secondary N) is 3. The maximum absolute atomic E-state index is 13.6. The maximum atomic E-state index is 13.6. The van der Waals surface area contributed by atoms with Crippen molar-refractivity contribution in [3.8, 4) is 0 Å². The van der Waals surface area contributed by atoms with E-state index in [9.17, 15) is 24.0 Å². The summed E-state index contributed by atoms with van der Waals surface area (Å²) in [7, 11) is 0. The SMILES string of the molecule is CCOC(=O)/C=C/CCC(NC(=O)c1oc2ccccc2c1C)C(=O)Nc1cccn(CC(=O)NC2C(C)CC3CCCC2C3)c1=O. The number of benzene rings is 1. The number of allylic oxidation sites excluding steroid dienone is 1. The van der Waals surface area contributed by atoms with E-state index in [0.29, 0.717) is 23.0 Å². The second-order valence-electron chi connectivity index (χ2n) is 12.8. The number of para-hydroxylation sites is 1. The van der Waals surface area contributed by atoms with Gasteiger partial charge in [-0.3, -0.25) is 19.2 Å². The standard InChI is InChI=1S/C36H44N4O7/c1-4-46-31(42)17-8-6-14-27(37-35(44)33-23(3)26-13-5-7-16-29(26)47-33)34(43)38-28-15-10-18-40(36(28)45)21-30(41)39-32-22(2)19-24-11-9-12-25(32)20-24/h5,7-8,10,13,15-18,22,24-25,27,32H,4,6,9,11-12,14,19-21H2,1-3H3,(H,37,44)(H,38,43)(H,39,41)/b17-8+. The highest BCUT2D eigenvalue weighted by molar-refractivity contribution is 6.03. The molecule has 3 aromatic rings. The van der Waals surface area contributed by atoms with Gasteiger partial charge in [0.25, 0.3) is 11.5 Å². The summed E-state index contributed by atoms with van der Waals surface area (Å²) in [4.78, 5) is 65.1. The third kappa shape index (κ3) is 8.19. The first-order valence-electron chi connectivity index (χ1n) is 16.6. The van der Waals surface area contributed by atoms with Crippen LogP contribution in [-0.4, -0.2) is 46.9 Å². The lowest BCUT2D eigenvalue weighted by Gasteiger charge is -2.44. The number of ether oxygens (including phenoxy) is 1. The van der Waals surface area contributed by atoms with Crippen molar-refractivity contribution in [2.45, 2.75) is 84.3 Å². The second-order valence-corrected chi connectivity index (χ2v) is 12.8. The van der Waals surface area contributed by atoms with Gasteiger partial charge in [-0.25, -0.2) is 4.79 Å². The maximum Gasteiger partial charge on any atom is 0.330 e. The Morgan fingerprint density at radius 3 is 2.70 bits per heavy atom. The van der Waals surface area contributed by atoms with Gasteiger partial charge in [0.05, 0.1) is 6.61 Å². The van der Waals surface area contributed by atoms with Gasteiger partial charge in [-0.2, -0.15) is 0 Å². The first kappa shape index (κ1) is 33.7. The molecule has 11 nitrogen and oxygen atoms in total. The number of aromatic nitrogens is 1. The highest BCUT2D eigenvalue weighted by atomic mass is 16.5. The molecule has 2 aromatic heterocycles. The molecule has 0 radical (unpaired) electrons. The number of fused-ring (bicyclic) bond motifs is 3. The summed E-state index contributed by atoms with van der Waals surface area (Å²) in [5.74, 6) is -0.295.